The Bertz CT molecular complexity index is 1000. The van der Waals surface area contributed by atoms with E-state index in [1.165, 1.54) is 12.3 Å². The van der Waals surface area contributed by atoms with E-state index in [4.69, 9.17) is 0 Å². The van der Waals surface area contributed by atoms with Crippen molar-refractivity contribution in [3.05, 3.63) is 36.0 Å². The number of anilines is 3. The third-order valence-electron chi connectivity index (χ3n) is 5.57. The molecule has 3 rings (SSSR count). The van der Waals surface area contributed by atoms with E-state index in [1.807, 2.05) is 6.92 Å². The molecule has 0 bridgehead atoms. The zero-order valence-electron chi connectivity index (χ0n) is 19.4. The molecule has 8 nitrogen and oxygen atoms in total. The Kier molecular flexibility index (Phi) is 8.95. The van der Waals surface area contributed by atoms with Crippen molar-refractivity contribution in [2.45, 2.75) is 58.0 Å². The molecule has 176 valence electrons. The van der Waals surface area contributed by atoms with Gasteiger partial charge in [0, 0.05) is 36.5 Å². The Balaban J connectivity index is 1.71. The SMILES string of the molecule is CCCNc1nc(Nc2ccnc(F)c2)ncc1C#C[C@@H]1CCC[C@H](NC(=O)[C@H](C)NC)C1. The third-order valence-corrected chi connectivity index (χ3v) is 5.57. The first-order valence-electron chi connectivity index (χ1n) is 11.5. The second-order valence-electron chi connectivity index (χ2n) is 8.22. The normalized spacial score (nSPS) is 18.5. The van der Waals surface area contributed by atoms with Crippen LogP contribution in [0.25, 0.3) is 0 Å². The molecule has 0 spiro atoms. The topological polar surface area (TPSA) is 104 Å². The molecule has 0 unspecified atom stereocenters. The largest absolute Gasteiger partial charge is 0.369 e. The Morgan fingerprint density at radius 2 is 2.18 bits per heavy atom. The van der Waals surface area contributed by atoms with Crippen molar-refractivity contribution in [1.29, 1.82) is 0 Å². The average Bonchev–Trinajstić information content (AvgIpc) is 2.81. The van der Waals surface area contributed by atoms with E-state index in [1.54, 1.807) is 19.3 Å². The lowest BCUT2D eigenvalue weighted by Gasteiger charge is -2.28. The summed E-state index contributed by atoms with van der Waals surface area (Å²) in [6.45, 7) is 4.67. The molecule has 1 aliphatic rings. The quantitative estimate of drug-likeness (QED) is 0.359. The highest BCUT2D eigenvalue weighted by atomic mass is 19.1. The van der Waals surface area contributed by atoms with Gasteiger partial charge in [0.05, 0.1) is 17.8 Å². The summed E-state index contributed by atoms with van der Waals surface area (Å²) in [5.41, 5.74) is 1.23. The lowest BCUT2D eigenvalue weighted by atomic mass is 9.86. The summed E-state index contributed by atoms with van der Waals surface area (Å²) in [5, 5.41) is 12.4. The molecule has 1 fully saturated rings. The van der Waals surface area contributed by atoms with Crippen molar-refractivity contribution in [2.75, 3.05) is 24.2 Å². The van der Waals surface area contributed by atoms with Gasteiger partial charge >= 0.3 is 0 Å². The summed E-state index contributed by atoms with van der Waals surface area (Å²) in [6.07, 6.45) is 7.84. The number of carbonyl (C=O) groups is 1. The maximum Gasteiger partial charge on any atom is 0.237 e. The van der Waals surface area contributed by atoms with Crippen molar-refractivity contribution in [1.82, 2.24) is 25.6 Å². The molecule has 3 atom stereocenters. The minimum absolute atomic E-state index is 0.0210. The summed E-state index contributed by atoms with van der Waals surface area (Å²) >= 11 is 0. The maximum absolute atomic E-state index is 13.4. The van der Waals surface area contributed by atoms with Crippen molar-refractivity contribution in [2.24, 2.45) is 5.92 Å². The van der Waals surface area contributed by atoms with Gasteiger partial charge in [-0.05, 0) is 45.7 Å². The van der Waals surface area contributed by atoms with Crippen LogP contribution in [0, 0.1) is 23.7 Å². The fourth-order valence-electron chi connectivity index (χ4n) is 3.61. The molecule has 33 heavy (non-hydrogen) atoms. The van der Waals surface area contributed by atoms with Crippen LogP contribution in [0.5, 0.6) is 0 Å². The molecule has 0 saturated heterocycles. The third kappa shape index (κ3) is 7.39. The monoisotopic (exact) mass is 453 g/mol. The van der Waals surface area contributed by atoms with E-state index in [-0.39, 0.29) is 23.9 Å². The van der Waals surface area contributed by atoms with Crippen molar-refractivity contribution < 1.29 is 9.18 Å². The van der Waals surface area contributed by atoms with Gasteiger partial charge in [-0.25, -0.2) is 9.97 Å². The van der Waals surface area contributed by atoms with Crippen LogP contribution in [0.15, 0.2) is 24.5 Å². The van der Waals surface area contributed by atoms with Crippen LogP contribution in [0.4, 0.5) is 21.8 Å². The number of likely N-dealkylation sites (N-methyl/N-ethyl adjacent to an activating group) is 1. The molecule has 0 aliphatic heterocycles. The summed E-state index contributed by atoms with van der Waals surface area (Å²) < 4.78 is 13.4. The summed E-state index contributed by atoms with van der Waals surface area (Å²) in [7, 11) is 1.78. The lowest BCUT2D eigenvalue weighted by Crippen LogP contribution is -2.46. The predicted octanol–water partition coefficient (Wildman–Crippen LogP) is 3.21. The van der Waals surface area contributed by atoms with Crippen LogP contribution in [0.3, 0.4) is 0 Å². The molecule has 9 heteroatoms. The van der Waals surface area contributed by atoms with Gasteiger partial charge in [0.1, 0.15) is 5.82 Å². The molecule has 1 saturated carbocycles. The smallest absolute Gasteiger partial charge is 0.237 e. The van der Waals surface area contributed by atoms with Gasteiger partial charge in [-0.1, -0.05) is 25.2 Å². The predicted molar refractivity (Wildman–Crippen MR) is 128 cm³/mol. The first kappa shape index (κ1) is 24.4. The number of pyridine rings is 1. The van der Waals surface area contributed by atoms with Gasteiger partial charge in [0.15, 0.2) is 0 Å². The number of hydrogen-bond donors (Lipinski definition) is 4. The van der Waals surface area contributed by atoms with Crippen molar-refractivity contribution >= 4 is 23.4 Å². The molecule has 2 heterocycles. The second kappa shape index (κ2) is 12.1. The number of hydrogen-bond acceptors (Lipinski definition) is 7. The van der Waals surface area contributed by atoms with Crippen LogP contribution in [0.2, 0.25) is 0 Å². The molecule has 0 radical (unpaired) electrons. The van der Waals surface area contributed by atoms with E-state index in [0.717, 1.165) is 38.6 Å². The second-order valence-corrected chi connectivity index (χ2v) is 8.22. The van der Waals surface area contributed by atoms with Gasteiger partial charge in [-0.15, -0.1) is 0 Å². The number of rotatable bonds is 8. The van der Waals surface area contributed by atoms with Crippen LogP contribution in [0.1, 0.15) is 51.5 Å². The number of carbonyl (C=O) groups excluding carboxylic acids is 1. The fraction of sp³-hybridized carbons (Fsp3) is 0.500. The summed E-state index contributed by atoms with van der Waals surface area (Å²) in [5.74, 6) is 7.24. The Labute approximate surface area is 194 Å². The van der Waals surface area contributed by atoms with Crippen LogP contribution in [-0.2, 0) is 4.79 Å². The van der Waals surface area contributed by atoms with E-state index >= 15 is 0 Å². The molecule has 4 N–H and O–H groups in total. The lowest BCUT2D eigenvalue weighted by molar-refractivity contribution is -0.123. The van der Waals surface area contributed by atoms with Gasteiger partial charge in [-0.3, -0.25) is 4.79 Å². The zero-order chi connectivity index (χ0) is 23.6. The molecular formula is C24H32FN7O. The number of aromatic nitrogens is 3. The number of halogens is 1. The van der Waals surface area contributed by atoms with E-state index < -0.39 is 5.95 Å². The first-order chi connectivity index (χ1) is 16.0. The Morgan fingerprint density at radius 1 is 1.33 bits per heavy atom. The van der Waals surface area contributed by atoms with E-state index in [9.17, 15) is 9.18 Å². The number of amides is 1. The number of nitrogens with zero attached hydrogens (tertiary/aromatic N) is 3. The number of nitrogens with one attached hydrogen (secondary N) is 4. The minimum Gasteiger partial charge on any atom is -0.369 e. The van der Waals surface area contributed by atoms with Crippen LogP contribution in [-0.4, -0.2) is 46.5 Å². The maximum atomic E-state index is 13.4. The highest BCUT2D eigenvalue weighted by Gasteiger charge is 2.23. The molecule has 2 aromatic heterocycles. The van der Waals surface area contributed by atoms with Crippen LogP contribution < -0.4 is 21.3 Å². The fourth-order valence-corrected chi connectivity index (χ4v) is 3.61. The molecule has 2 aromatic rings. The van der Waals surface area contributed by atoms with E-state index in [0.29, 0.717) is 23.0 Å². The van der Waals surface area contributed by atoms with Gasteiger partial charge in [0.2, 0.25) is 17.8 Å². The summed E-state index contributed by atoms with van der Waals surface area (Å²) in [4.78, 5) is 24.6. The highest BCUT2D eigenvalue weighted by molar-refractivity contribution is 5.81. The van der Waals surface area contributed by atoms with Crippen molar-refractivity contribution in [3.63, 3.8) is 0 Å². The Hall–Kier alpha value is -3.25. The molecule has 0 aromatic carbocycles. The standard InChI is InChI=1S/C24H32FN7O/c1-4-11-28-22-18(15-29-24(32-22)31-20-10-12-27-21(25)14-20)9-8-17-6-5-7-19(13-17)30-23(33)16(2)26-3/h10,12,14-17,19,26H,4-7,11,13H2,1-3H3,(H,30,33)(H2,27,28,29,31,32)/t16-,17-,19-/m0/s1. The first-order valence-corrected chi connectivity index (χ1v) is 11.5. The average molecular weight is 454 g/mol. The van der Waals surface area contributed by atoms with Crippen molar-refractivity contribution in [3.8, 4) is 11.8 Å². The highest BCUT2D eigenvalue weighted by Crippen LogP contribution is 2.24. The van der Waals surface area contributed by atoms with Gasteiger partial charge in [0.25, 0.3) is 0 Å². The van der Waals surface area contributed by atoms with Gasteiger partial charge < -0.3 is 21.3 Å². The zero-order valence-corrected chi connectivity index (χ0v) is 19.4. The molecule has 1 aliphatic carbocycles. The van der Waals surface area contributed by atoms with E-state index in [2.05, 4.69) is 55.0 Å². The Morgan fingerprint density at radius 3 is 2.94 bits per heavy atom. The molecular weight excluding hydrogens is 421 g/mol. The van der Waals surface area contributed by atoms with Crippen LogP contribution >= 0.6 is 0 Å². The molecule has 1 amide bonds. The van der Waals surface area contributed by atoms with Gasteiger partial charge in [-0.2, -0.15) is 9.37 Å². The minimum atomic E-state index is -0.575. The summed E-state index contributed by atoms with van der Waals surface area (Å²) in [6, 6.07) is 2.86.